The van der Waals surface area contributed by atoms with E-state index in [0.717, 1.165) is 17.7 Å². The summed E-state index contributed by atoms with van der Waals surface area (Å²) in [6.45, 7) is 1.41. The van der Waals surface area contributed by atoms with E-state index in [1.165, 1.54) is 12.1 Å². The maximum absolute atomic E-state index is 12.7. The predicted molar refractivity (Wildman–Crippen MR) is 71.9 cm³/mol. The van der Waals surface area contributed by atoms with Crippen LogP contribution in [0.1, 0.15) is 23.7 Å². The molecule has 0 saturated carbocycles. The third-order valence-electron chi connectivity index (χ3n) is 2.90. The zero-order valence-corrected chi connectivity index (χ0v) is 10.6. The van der Waals surface area contributed by atoms with Crippen molar-refractivity contribution in [2.24, 2.45) is 0 Å². The van der Waals surface area contributed by atoms with Crippen molar-refractivity contribution in [1.29, 1.82) is 0 Å². The topological polar surface area (TPSA) is 45.1 Å². The molecule has 2 aromatic rings. The van der Waals surface area contributed by atoms with Gasteiger partial charge in [-0.05, 0) is 42.3 Å². The first-order valence-corrected chi connectivity index (χ1v) is 6.29. The number of hydrogen-bond acceptors (Lipinski definition) is 3. The Morgan fingerprint density at radius 3 is 2.68 bits per heavy atom. The zero-order valence-electron chi connectivity index (χ0n) is 10.6. The highest BCUT2D eigenvalue weighted by Gasteiger charge is 2.06. The van der Waals surface area contributed by atoms with Gasteiger partial charge in [-0.1, -0.05) is 18.2 Å². The number of nitrogens with zero attached hydrogens (tertiary/aromatic N) is 1. The van der Waals surface area contributed by atoms with Crippen molar-refractivity contribution in [1.82, 2.24) is 10.3 Å². The second-order valence-electron chi connectivity index (χ2n) is 4.39. The largest absolute Gasteiger partial charge is 0.388 e. The fraction of sp³-hybridized carbons (Fsp3) is 0.267. The number of aromatic nitrogens is 1. The zero-order chi connectivity index (χ0) is 13.5. The van der Waals surface area contributed by atoms with Crippen LogP contribution in [0.3, 0.4) is 0 Å². The quantitative estimate of drug-likeness (QED) is 0.784. The number of nitrogens with one attached hydrogen (secondary N) is 1. The molecule has 1 aromatic carbocycles. The summed E-state index contributed by atoms with van der Waals surface area (Å²) in [5.41, 5.74) is 1.85. The molecule has 1 aromatic heterocycles. The van der Waals surface area contributed by atoms with Gasteiger partial charge in [0.15, 0.2) is 0 Å². The Balaban J connectivity index is 1.72. The first kappa shape index (κ1) is 13.6. The first-order valence-electron chi connectivity index (χ1n) is 6.29. The molecular formula is C15H17FN2O. The molecule has 2 N–H and O–H groups in total. The molecule has 19 heavy (non-hydrogen) atoms. The first-order chi connectivity index (χ1) is 9.25. The van der Waals surface area contributed by atoms with Gasteiger partial charge >= 0.3 is 0 Å². The van der Waals surface area contributed by atoms with Gasteiger partial charge in [-0.3, -0.25) is 4.98 Å². The lowest BCUT2D eigenvalue weighted by molar-refractivity contribution is 0.166. The molecule has 3 nitrogen and oxygen atoms in total. The molecule has 0 aliphatic heterocycles. The highest BCUT2D eigenvalue weighted by molar-refractivity contribution is 5.18. The van der Waals surface area contributed by atoms with Crippen molar-refractivity contribution in [3.63, 3.8) is 0 Å². The average molecular weight is 260 g/mol. The molecule has 1 atom stereocenters. The van der Waals surface area contributed by atoms with Gasteiger partial charge in [0.25, 0.3) is 0 Å². The number of aliphatic hydroxyl groups excluding tert-OH is 1. The van der Waals surface area contributed by atoms with Crippen LogP contribution in [-0.4, -0.2) is 16.6 Å². The molecule has 1 unspecified atom stereocenters. The van der Waals surface area contributed by atoms with Gasteiger partial charge in [0.1, 0.15) is 5.82 Å². The van der Waals surface area contributed by atoms with E-state index < -0.39 is 6.10 Å². The van der Waals surface area contributed by atoms with Gasteiger partial charge in [0.2, 0.25) is 0 Å². The van der Waals surface area contributed by atoms with E-state index in [1.807, 2.05) is 18.3 Å². The summed E-state index contributed by atoms with van der Waals surface area (Å²) in [4.78, 5) is 4.03. The average Bonchev–Trinajstić information content (AvgIpc) is 2.45. The highest BCUT2D eigenvalue weighted by atomic mass is 19.1. The third-order valence-corrected chi connectivity index (χ3v) is 2.90. The Morgan fingerprint density at radius 2 is 2.00 bits per heavy atom. The van der Waals surface area contributed by atoms with Crippen LogP contribution in [0.15, 0.2) is 48.8 Å². The fourth-order valence-corrected chi connectivity index (χ4v) is 1.83. The maximum Gasteiger partial charge on any atom is 0.123 e. The van der Waals surface area contributed by atoms with E-state index >= 15 is 0 Å². The van der Waals surface area contributed by atoms with Gasteiger partial charge < -0.3 is 10.4 Å². The fourth-order valence-electron chi connectivity index (χ4n) is 1.83. The van der Waals surface area contributed by atoms with Crippen LogP contribution in [0, 0.1) is 5.82 Å². The van der Waals surface area contributed by atoms with Gasteiger partial charge in [0.05, 0.1) is 6.10 Å². The van der Waals surface area contributed by atoms with Crippen LogP contribution in [0.4, 0.5) is 4.39 Å². The summed E-state index contributed by atoms with van der Waals surface area (Å²) in [5, 5.41) is 13.2. The Labute approximate surface area is 112 Å². The number of aliphatic hydroxyl groups is 1. The monoisotopic (exact) mass is 260 g/mol. The number of rotatable bonds is 6. The number of benzene rings is 1. The van der Waals surface area contributed by atoms with Crippen molar-refractivity contribution in [3.05, 3.63) is 65.7 Å². The molecule has 0 fully saturated rings. The molecule has 0 radical (unpaired) electrons. The minimum atomic E-state index is -0.568. The number of pyridine rings is 1. The van der Waals surface area contributed by atoms with Crippen molar-refractivity contribution < 1.29 is 9.50 Å². The summed E-state index contributed by atoms with van der Waals surface area (Å²) in [7, 11) is 0. The van der Waals surface area contributed by atoms with Gasteiger partial charge in [0, 0.05) is 18.9 Å². The van der Waals surface area contributed by atoms with Gasteiger partial charge in [-0.2, -0.15) is 0 Å². The summed E-state index contributed by atoms with van der Waals surface area (Å²) >= 11 is 0. The van der Waals surface area contributed by atoms with Crippen molar-refractivity contribution in [2.45, 2.75) is 19.1 Å². The van der Waals surface area contributed by atoms with Crippen molar-refractivity contribution >= 4 is 0 Å². The third kappa shape index (κ3) is 4.43. The standard InChI is InChI=1S/C15H17FN2O/c16-14-5-3-13(4-6-14)15(19)7-9-18-11-12-2-1-8-17-10-12/h1-6,8,10,15,18-19H,7,9,11H2. The molecule has 100 valence electrons. The van der Waals surface area contributed by atoms with E-state index in [2.05, 4.69) is 10.3 Å². The molecule has 0 saturated heterocycles. The van der Waals surface area contributed by atoms with Gasteiger partial charge in [-0.15, -0.1) is 0 Å². The van der Waals surface area contributed by atoms with E-state index in [-0.39, 0.29) is 5.82 Å². The molecule has 0 amide bonds. The second-order valence-corrected chi connectivity index (χ2v) is 4.39. The number of halogens is 1. The van der Waals surface area contributed by atoms with E-state index in [0.29, 0.717) is 13.0 Å². The van der Waals surface area contributed by atoms with E-state index in [1.54, 1.807) is 18.3 Å². The molecule has 0 aliphatic carbocycles. The summed E-state index contributed by atoms with van der Waals surface area (Å²) in [5.74, 6) is -0.286. The predicted octanol–water partition coefficient (Wildman–Crippen LogP) is 2.43. The van der Waals surface area contributed by atoms with Crippen LogP contribution < -0.4 is 5.32 Å². The van der Waals surface area contributed by atoms with Crippen LogP contribution >= 0.6 is 0 Å². The lowest BCUT2D eigenvalue weighted by Gasteiger charge is -2.11. The number of hydrogen-bond donors (Lipinski definition) is 2. The molecular weight excluding hydrogens is 243 g/mol. The summed E-state index contributed by atoms with van der Waals surface area (Å²) < 4.78 is 12.7. The minimum absolute atomic E-state index is 0.286. The molecule has 0 aliphatic rings. The Bertz CT molecular complexity index is 487. The molecule has 0 bridgehead atoms. The smallest absolute Gasteiger partial charge is 0.123 e. The Morgan fingerprint density at radius 1 is 1.21 bits per heavy atom. The van der Waals surface area contributed by atoms with Crippen molar-refractivity contribution in [2.75, 3.05) is 6.54 Å². The molecule has 2 rings (SSSR count). The summed E-state index contributed by atoms with van der Waals surface area (Å²) in [6.07, 6.45) is 3.57. The van der Waals surface area contributed by atoms with E-state index in [4.69, 9.17) is 0 Å². The Hall–Kier alpha value is -1.78. The lowest BCUT2D eigenvalue weighted by atomic mass is 10.1. The highest BCUT2D eigenvalue weighted by Crippen LogP contribution is 2.16. The minimum Gasteiger partial charge on any atom is -0.388 e. The lowest BCUT2D eigenvalue weighted by Crippen LogP contribution is -2.17. The van der Waals surface area contributed by atoms with Gasteiger partial charge in [-0.25, -0.2) is 4.39 Å². The normalized spacial score (nSPS) is 12.3. The van der Waals surface area contributed by atoms with Crippen LogP contribution in [0.25, 0.3) is 0 Å². The maximum atomic E-state index is 12.7. The molecule has 4 heteroatoms. The summed E-state index contributed by atoms with van der Waals surface area (Å²) in [6, 6.07) is 9.84. The molecule has 1 heterocycles. The van der Waals surface area contributed by atoms with Crippen molar-refractivity contribution in [3.8, 4) is 0 Å². The SMILES string of the molecule is OC(CCNCc1cccnc1)c1ccc(F)cc1. The second kappa shape index (κ2) is 6.97. The van der Waals surface area contributed by atoms with Crippen LogP contribution in [-0.2, 0) is 6.54 Å². The molecule has 0 spiro atoms. The Kier molecular flexibility index (Phi) is 5.01. The van der Waals surface area contributed by atoms with Crippen LogP contribution in [0.2, 0.25) is 0 Å². The van der Waals surface area contributed by atoms with E-state index in [9.17, 15) is 9.50 Å². The van der Waals surface area contributed by atoms with Crippen LogP contribution in [0.5, 0.6) is 0 Å².